The van der Waals surface area contributed by atoms with Crippen LogP contribution in [-0.2, 0) is 5.41 Å². The van der Waals surface area contributed by atoms with Gasteiger partial charge < -0.3 is 13.7 Å². The van der Waals surface area contributed by atoms with Gasteiger partial charge in [-0.15, -0.1) is 0 Å². The zero-order valence-corrected chi connectivity index (χ0v) is 29.9. The van der Waals surface area contributed by atoms with E-state index >= 15 is 0 Å². The molecular formula is C50H34N2O2. The van der Waals surface area contributed by atoms with E-state index in [1.807, 2.05) is 24.3 Å². The van der Waals surface area contributed by atoms with E-state index < -0.39 is 0 Å². The van der Waals surface area contributed by atoms with Crippen molar-refractivity contribution in [1.29, 1.82) is 0 Å². The second-order valence-corrected chi connectivity index (χ2v) is 14.8. The average Bonchev–Trinajstić information content (AvgIpc) is 3.87. The molecule has 0 fully saturated rings. The number of aromatic nitrogens is 1. The molecule has 54 heavy (non-hydrogen) atoms. The molecule has 1 aliphatic rings. The predicted molar refractivity (Wildman–Crippen MR) is 222 cm³/mol. The molecule has 8 aromatic carbocycles. The van der Waals surface area contributed by atoms with Crippen LogP contribution in [0.2, 0.25) is 0 Å². The summed E-state index contributed by atoms with van der Waals surface area (Å²) >= 11 is 0. The SMILES string of the molecule is CC1(C)c2ccccc2-c2cccc(N(c3ccc(-c4ccccc4)cc3)c3ccc4c(c3)oc3cccc(-c5nc6cc7ccccc7cc6o5)c34)c21. The summed E-state index contributed by atoms with van der Waals surface area (Å²) < 4.78 is 13.1. The lowest BCUT2D eigenvalue weighted by atomic mass is 9.81. The summed E-state index contributed by atoms with van der Waals surface area (Å²) in [6.45, 7) is 4.69. The monoisotopic (exact) mass is 694 g/mol. The molecule has 2 aromatic heterocycles. The van der Waals surface area contributed by atoms with Gasteiger partial charge in [0.05, 0.1) is 5.69 Å². The fourth-order valence-electron chi connectivity index (χ4n) is 8.73. The smallest absolute Gasteiger partial charge is 0.228 e. The van der Waals surface area contributed by atoms with Gasteiger partial charge in [0.15, 0.2) is 5.58 Å². The predicted octanol–water partition coefficient (Wildman–Crippen LogP) is 14.0. The molecule has 1 aliphatic carbocycles. The minimum Gasteiger partial charge on any atom is -0.456 e. The Morgan fingerprint density at radius 3 is 2.04 bits per heavy atom. The molecule has 256 valence electrons. The van der Waals surface area contributed by atoms with E-state index in [-0.39, 0.29) is 5.41 Å². The molecule has 0 unspecified atom stereocenters. The first kappa shape index (κ1) is 30.7. The number of furan rings is 1. The third-order valence-corrected chi connectivity index (χ3v) is 11.3. The normalized spacial score (nSPS) is 13.1. The lowest BCUT2D eigenvalue weighted by Crippen LogP contribution is -2.20. The highest BCUT2D eigenvalue weighted by molar-refractivity contribution is 6.13. The first-order chi connectivity index (χ1) is 26.5. The van der Waals surface area contributed by atoms with E-state index in [0.29, 0.717) is 5.89 Å². The van der Waals surface area contributed by atoms with Crippen LogP contribution in [-0.4, -0.2) is 4.98 Å². The molecule has 0 saturated carbocycles. The van der Waals surface area contributed by atoms with Crippen LogP contribution < -0.4 is 4.90 Å². The van der Waals surface area contributed by atoms with Crippen molar-refractivity contribution in [2.45, 2.75) is 19.3 Å². The molecule has 10 aromatic rings. The summed E-state index contributed by atoms with van der Waals surface area (Å²) in [4.78, 5) is 7.36. The molecule has 0 N–H and O–H groups in total. The van der Waals surface area contributed by atoms with Gasteiger partial charge in [0, 0.05) is 39.2 Å². The summed E-state index contributed by atoms with van der Waals surface area (Å²) in [5.74, 6) is 0.583. The third-order valence-electron chi connectivity index (χ3n) is 11.3. The van der Waals surface area contributed by atoms with E-state index in [1.54, 1.807) is 0 Å². The second kappa shape index (κ2) is 11.5. The largest absolute Gasteiger partial charge is 0.456 e. The van der Waals surface area contributed by atoms with Crippen molar-refractivity contribution >= 4 is 60.9 Å². The molecule has 0 radical (unpaired) electrons. The van der Waals surface area contributed by atoms with Gasteiger partial charge in [-0.3, -0.25) is 0 Å². The van der Waals surface area contributed by atoms with Crippen LogP contribution in [0.1, 0.15) is 25.0 Å². The maximum Gasteiger partial charge on any atom is 0.228 e. The average molecular weight is 695 g/mol. The number of benzene rings is 8. The lowest BCUT2D eigenvalue weighted by Gasteiger charge is -2.32. The summed E-state index contributed by atoms with van der Waals surface area (Å²) in [6.07, 6.45) is 0. The first-order valence-corrected chi connectivity index (χ1v) is 18.5. The molecule has 0 spiro atoms. The van der Waals surface area contributed by atoms with Crippen molar-refractivity contribution in [3.63, 3.8) is 0 Å². The molecule has 0 amide bonds. The standard InChI is InChI=1S/C50H34N2O2/c1-50(2)41-19-9-8-16-37(41)38-17-10-20-43(48(38)50)52(35-24-22-32(23-25-35)31-12-4-3-5-13-31)36-26-27-39-45(30-36)53-44-21-11-18-40(47(39)44)49-51-42-28-33-14-6-7-15-34(33)29-46(42)54-49/h3-30H,1-2H3. The fraction of sp³-hybridized carbons (Fsp3) is 0.0600. The summed E-state index contributed by atoms with van der Waals surface area (Å²) in [7, 11) is 0. The highest BCUT2D eigenvalue weighted by Crippen LogP contribution is 2.54. The second-order valence-electron chi connectivity index (χ2n) is 14.8. The lowest BCUT2D eigenvalue weighted by molar-refractivity contribution is 0.620. The number of anilines is 3. The van der Waals surface area contributed by atoms with E-state index in [1.165, 1.54) is 33.4 Å². The van der Waals surface area contributed by atoms with Crippen molar-refractivity contribution in [2.24, 2.45) is 0 Å². The topological polar surface area (TPSA) is 42.4 Å². The van der Waals surface area contributed by atoms with Crippen molar-refractivity contribution in [1.82, 2.24) is 4.98 Å². The third kappa shape index (κ3) is 4.60. The van der Waals surface area contributed by atoms with E-state index in [2.05, 4.69) is 164 Å². The molecule has 0 bridgehead atoms. The number of rotatable bonds is 5. The fourth-order valence-corrected chi connectivity index (χ4v) is 8.73. The van der Waals surface area contributed by atoms with Gasteiger partial charge in [0.2, 0.25) is 5.89 Å². The summed E-state index contributed by atoms with van der Waals surface area (Å²) in [5, 5.41) is 4.27. The molecule has 0 saturated heterocycles. The van der Waals surface area contributed by atoms with Crippen molar-refractivity contribution in [3.8, 4) is 33.7 Å². The van der Waals surface area contributed by atoms with Crippen LogP contribution in [0.5, 0.6) is 0 Å². The first-order valence-electron chi connectivity index (χ1n) is 18.5. The van der Waals surface area contributed by atoms with Gasteiger partial charge >= 0.3 is 0 Å². The van der Waals surface area contributed by atoms with E-state index in [9.17, 15) is 0 Å². The van der Waals surface area contributed by atoms with Gasteiger partial charge in [-0.25, -0.2) is 4.98 Å². The van der Waals surface area contributed by atoms with Crippen molar-refractivity contribution < 1.29 is 8.83 Å². The molecule has 11 rings (SSSR count). The molecule has 4 nitrogen and oxygen atoms in total. The van der Waals surface area contributed by atoms with Crippen LogP contribution in [0, 0.1) is 0 Å². The maximum atomic E-state index is 6.68. The van der Waals surface area contributed by atoms with Gasteiger partial charge in [-0.2, -0.15) is 0 Å². The van der Waals surface area contributed by atoms with Gasteiger partial charge in [0.25, 0.3) is 0 Å². The van der Waals surface area contributed by atoms with Crippen molar-refractivity contribution in [3.05, 3.63) is 181 Å². The van der Waals surface area contributed by atoms with Gasteiger partial charge in [-0.1, -0.05) is 123 Å². The van der Waals surface area contributed by atoms with Gasteiger partial charge in [0.1, 0.15) is 16.7 Å². The Bertz CT molecular complexity index is 3030. The summed E-state index contributed by atoms with van der Waals surface area (Å²) in [5.41, 5.74) is 14.8. The molecule has 0 atom stereocenters. The quantitative estimate of drug-likeness (QED) is 0.180. The number of hydrogen-bond acceptors (Lipinski definition) is 4. The molecule has 0 aliphatic heterocycles. The van der Waals surface area contributed by atoms with Gasteiger partial charge in [-0.05, 0) is 98.8 Å². The van der Waals surface area contributed by atoms with E-state index in [0.717, 1.165) is 66.4 Å². The zero-order chi connectivity index (χ0) is 36.0. The highest BCUT2D eigenvalue weighted by atomic mass is 16.3. The van der Waals surface area contributed by atoms with Crippen LogP contribution in [0.4, 0.5) is 17.1 Å². The molecule has 4 heteroatoms. The number of nitrogens with zero attached hydrogens (tertiary/aromatic N) is 2. The molecular weight excluding hydrogens is 661 g/mol. The number of hydrogen-bond donors (Lipinski definition) is 0. The van der Waals surface area contributed by atoms with Crippen LogP contribution in [0.25, 0.3) is 77.5 Å². The Morgan fingerprint density at radius 2 is 1.19 bits per heavy atom. The zero-order valence-electron chi connectivity index (χ0n) is 29.9. The number of oxazole rings is 1. The summed E-state index contributed by atoms with van der Waals surface area (Å²) in [6, 6.07) is 60.1. The maximum absolute atomic E-state index is 6.68. The van der Waals surface area contributed by atoms with Crippen LogP contribution >= 0.6 is 0 Å². The Kier molecular flexibility index (Phi) is 6.56. The Labute approximate surface area is 312 Å². The minimum atomic E-state index is -0.200. The Morgan fingerprint density at radius 1 is 0.500 bits per heavy atom. The minimum absolute atomic E-state index is 0.200. The Balaban J connectivity index is 1.09. The number of fused-ring (bicyclic) bond motifs is 8. The van der Waals surface area contributed by atoms with Crippen molar-refractivity contribution in [2.75, 3.05) is 4.90 Å². The molecule has 2 heterocycles. The highest BCUT2D eigenvalue weighted by Gasteiger charge is 2.38. The van der Waals surface area contributed by atoms with E-state index in [4.69, 9.17) is 13.8 Å². The van der Waals surface area contributed by atoms with Crippen LogP contribution in [0.15, 0.2) is 179 Å². The van der Waals surface area contributed by atoms with Crippen LogP contribution in [0.3, 0.4) is 0 Å². The Hall–Kier alpha value is -6.91.